The van der Waals surface area contributed by atoms with Crippen molar-refractivity contribution in [2.45, 2.75) is 91.3 Å². The van der Waals surface area contributed by atoms with E-state index in [1.165, 1.54) is 0 Å². The largest absolute Gasteiger partial charge is 0.466 e. The quantitative estimate of drug-likeness (QED) is 0.219. The fraction of sp³-hybridized carbons (Fsp3) is 0.515. The molecule has 0 aliphatic heterocycles. The van der Waals surface area contributed by atoms with Crippen LogP contribution in [0.5, 0.6) is 0 Å². The number of ether oxygens (including phenoxy) is 2. The number of esters is 1. The summed E-state index contributed by atoms with van der Waals surface area (Å²) in [7, 11) is 0. The Hall–Kier alpha value is -3.88. The molecule has 0 saturated carbocycles. The van der Waals surface area contributed by atoms with E-state index in [2.05, 4.69) is 17.6 Å². The molecule has 0 spiro atoms. The molecular formula is C33H47N3O6. The zero-order valence-corrected chi connectivity index (χ0v) is 25.9. The van der Waals surface area contributed by atoms with Crippen LogP contribution in [0.3, 0.4) is 0 Å². The van der Waals surface area contributed by atoms with E-state index in [0.29, 0.717) is 18.5 Å². The van der Waals surface area contributed by atoms with E-state index < -0.39 is 41.6 Å². The molecule has 0 bridgehead atoms. The number of carbonyl (C=O) groups excluding carboxylic acids is 4. The number of amides is 3. The number of carbonyl (C=O) groups is 4. The summed E-state index contributed by atoms with van der Waals surface area (Å²) in [6.07, 6.45) is 1.97. The Bertz CT molecular complexity index is 1160. The van der Waals surface area contributed by atoms with Gasteiger partial charge in [0.25, 0.3) is 0 Å². The van der Waals surface area contributed by atoms with E-state index in [4.69, 9.17) is 9.47 Å². The zero-order valence-electron chi connectivity index (χ0n) is 25.9. The van der Waals surface area contributed by atoms with Gasteiger partial charge >= 0.3 is 12.1 Å². The lowest BCUT2D eigenvalue weighted by molar-refractivity contribution is -0.144. The lowest BCUT2D eigenvalue weighted by Crippen LogP contribution is -2.54. The average molecular weight is 582 g/mol. The van der Waals surface area contributed by atoms with Crippen LogP contribution in [0, 0.1) is 6.92 Å². The first-order valence-electron chi connectivity index (χ1n) is 14.8. The number of nitrogens with one attached hydrogen (secondary N) is 2. The maximum atomic E-state index is 14.4. The molecule has 9 heteroatoms. The Kier molecular flexibility index (Phi) is 14.0. The summed E-state index contributed by atoms with van der Waals surface area (Å²) in [6.45, 7) is 11.6. The minimum absolute atomic E-state index is 0.0146. The molecule has 2 unspecified atom stereocenters. The van der Waals surface area contributed by atoms with Gasteiger partial charge in [-0.05, 0) is 52.2 Å². The van der Waals surface area contributed by atoms with E-state index >= 15 is 0 Å². The van der Waals surface area contributed by atoms with E-state index in [9.17, 15) is 19.2 Å². The molecule has 0 radical (unpaired) electrons. The van der Waals surface area contributed by atoms with Gasteiger partial charge in [0.05, 0.1) is 13.0 Å². The van der Waals surface area contributed by atoms with Crippen LogP contribution in [-0.2, 0) is 30.3 Å². The molecule has 2 rings (SSSR count). The molecule has 0 aromatic heterocycles. The van der Waals surface area contributed by atoms with Crippen LogP contribution in [0.25, 0.3) is 0 Å². The fourth-order valence-electron chi connectivity index (χ4n) is 4.53. The van der Waals surface area contributed by atoms with Crippen molar-refractivity contribution in [3.8, 4) is 0 Å². The third kappa shape index (κ3) is 11.9. The van der Waals surface area contributed by atoms with Crippen molar-refractivity contribution in [1.29, 1.82) is 0 Å². The Morgan fingerprint density at radius 2 is 1.67 bits per heavy atom. The molecule has 0 heterocycles. The highest BCUT2D eigenvalue weighted by molar-refractivity contribution is 5.92. The Morgan fingerprint density at radius 1 is 0.952 bits per heavy atom. The summed E-state index contributed by atoms with van der Waals surface area (Å²) in [5.41, 5.74) is 1.68. The molecule has 2 N–H and O–H groups in total. The van der Waals surface area contributed by atoms with E-state index in [-0.39, 0.29) is 26.0 Å². The normalized spacial score (nSPS) is 12.5. The summed E-state index contributed by atoms with van der Waals surface area (Å²) < 4.78 is 10.5. The third-order valence-corrected chi connectivity index (χ3v) is 6.41. The van der Waals surface area contributed by atoms with Crippen molar-refractivity contribution in [3.63, 3.8) is 0 Å². The van der Waals surface area contributed by atoms with Crippen LogP contribution in [0.4, 0.5) is 4.79 Å². The molecule has 2 atom stereocenters. The minimum atomic E-state index is -0.983. The van der Waals surface area contributed by atoms with Gasteiger partial charge in [-0.2, -0.15) is 0 Å². The SMILES string of the molecule is CCCCCN(C(=O)C(Cc1ccccc1)NC(=O)OC(C)(C)C)C(C(=O)NCCC(=O)OCC)c1cccc(C)c1. The van der Waals surface area contributed by atoms with Crippen LogP contribution in [0.1, 0.15) is 83.0 Å². The van der Waals surface area contributed by atoms with E-state index in [1.807, 2.05) is 61.5 Å². The van der Waals surface area contributed by atoms with Gasteiger partial charge in [-0.15, -0.1) is 0 Å². The first-order valence-corrected chi connectivity index (χ1v) is 14.8. The number of nitrogens with zero attached hydrogens (tertiary/aromatic N) is 1. The predicted octanol–water partition coefficient (Wildman–Crippen LogP) is 5.26. The maximum Gasteiger partial charge on any atom is 0.408 e. The van der Waals surface area contributed by atoms with Crippen LogP contribution < -0.4 is 10.6 Å². The molecule has 0 saturated heterocycles. The van der Waals surface area contributed by atoms with Crippen LogP contribution in [0.2, 0.25) is 0 Å². The lowest BCUT2D eigenvalue weighted by atomic mass is 9.98. The van der Waals surface area contributed by atoms with Crippen LogP contribution in [-0.4, -0.2) is 60.1 Å². The number of aryl methyl sites for hydroxylation is 1. The van der Waals surface area contributed by atoms with Crippen LogP contribution >= 0.6 is 0 Å². The van der Waals surface area contributed by atoms with Crippen molar-refractivity contribution >= 4 is 23.9 Å². The highest BCUT2D eigenvalue weighted by Gasteiger charge is 2.36. The molecule has 3 amide bonds. The van der Waals surface area contributed by atoms with Crippen molar-refractivity contribution in [3.05, 3.63) is 71.3 Å². The number of hydrogen-bond donors (Lipinski definition) is 2. The van der Waals surface area contributed by atoms with Crippen molar-refractivity contribution in [2.24, 2.45) is 0 Å². The number of unbranched alkanes of at least 4 members (excludes halogenated alkanes) is 2. The topological polar surface area (TPSA) is 114 Å². The Balaban J connectivity index is 2.49. The number of alkyl carbamates (subject to hydrolysis) is 1. The van der Waals surface area contributed by atoms with Gasteiger partial charge in [-0.3, -0.25) is 14.4 Å². The van der Waals surface area contributed by atoms with Gasteiger partial charge in [-0.1, -0.05) is 79.9 Å². The third-order valence-electron chi connectivity index (χ3n) is 6.41. The standard InChI is InChI=1S/C33H47N3O6/c1-7-9-13-21-36(29(26-18-14-15-24(3)22-26)30(38)34-20-19-28(37)41-8-2)31(39)27(23-25-16-11-10-12-17-25)35-32(40)42-33(4,5)6/h10-12,14-18,22,27,29H,7-9,13,19-21,23H2,1-6H3,(H,34,38)(H,35,40). The van der Waals surface area contributed by atoms with Gasteiger partial charge < -0.3 is 25.0 Å². The Morgan fingerprint density at radius 3 is 2.29 bits per heavy atom. The highest BCUT2D eigenvalue weighted by Crippen LogP contribution is 2.25. The smallest absolute Gasteiger partial charge is 0.408 e. The zero-order chi connectivity index (χ0) is 31.1. The molecule has 0 aliphatic rings. The highest BCUT2D eigenvalue weighted by atomic mass is 16.6. The van der Waals surface area contributed by atoms with Crippen molar-refractivity contribution < 1.29 is 28.7 Å². The summed E-state index contributed by atoms with van der Waals surface area (Å²) in [5.74, 6) is -1.22. The average Bonchev–Trinajstić information content (AvgIpc) is 2.91. The second kappa shape index (κ2) is 17.2. The Labute approximate surface area is 250 Å². The van der Waals surface area contributed by atoms with Crippen LogP contribution in [0.15, 0.2) is 54.6 Å². The lowest BCUT2D eigenvalue weighted by Gasteiger charge is -2.35. The molecule has 0 aliphatic carbocycles. The number of benzene rings is 2. The molecule has 0 fully saturated rings. The number of rotatable bonds is 15. The molecule has 230 valence electrons. The molecule has 42 heavy (non-hydrogen) atoms. The van der Waals surface area contributed by atoms with Gasteiger partial charge in [0.2, 0.25) is 11.8 Å². The van der Waals surface area contributed by atoms with E-state index in [1.54, 1.807) is 32.6 Å². The molecule has 2 aromatic rings. The summed E-state index contributed by atoms with van der Waals surface area (Å²) >= 11 is 0. The number of hydrogen-bond acceptors (Lipinski definition) is 6. The van der Waals surface area contributed by atoms with Crippen molar-refractivity contribution in [2.75, 3.05) is 19.7 Å². The molecular weight excluding hydrogens is 534 g/mol. The maximum absolute atomic E-state index is 14.4. The first kappa shape index (κ1) is 34.3. The van der Waals surface area contributed by atoms with Crippen molar-refractivity contribution in [1.82, 2.24) is 15.5 Å². The van der Waals surface area contributed by atoms with Gasteiger partial charge in [0, 0.05) is 19.5 Å². The minimum Gasteiger partial charge on any atom is -0.466 e. The van der Waals surface area contributed by atoms with Gasteiger partial charge in [-0.25, -0.2) is 4.79 Å². The van der Waals surface area contributed by atoms with Gasteiger partial charge in [0.1, 0.15) is 17.7 Å². The fourth-order valence-corrected chi connectivity index (χ4v) is 4.53. The molecule has 9 nitrogen and oxygen atoms in total. The second-order valence-electron chi connectivity index (χ2n) is 11.3. The second-order valence-corrected chi connectivity index (χ2v) is 11.3. The first-order chi connectivity index (χ1) is 19.9. The summed E-state index contributed by atoms with van der Waals surface area (Å²) in [6, 6.07) is 14.9. The van der Waals surface area contributed by atoms with E-state index in [0.717, 1.165) is 24.0 Å². The predicted molar refractivity (Wildman–Crippen MR) is 163 cm³/mol. The van der Waals surface area contributed by atoms with Gasteiger partial charge in [0.15, 0.2) is 0 Å². The summed E-state index contributed by atoms with van der Waals surface area (Å²) in [4.78, 5) is 54.6. The molecule has 2 aromatic carbocycles. The summed E-state index contributed by atoms with van der Waals surface area (Å²) in [5, 5.41) is 5.61. The monoisotopic (exact) mass is 581 g/mol.